The SMILES string of the molecule is COc1ncnc(OC)c1/C=C1\C(=O)N(c2ccccc2)c2ccccc21. The van der Waals surface area contributed by atoms with Crippen LogP contribution in [0.1, 0.15) is 11.1 Å². The third-order valence-corrected chi connectivity index (χ3v) is 4.37. The third kappa shape index (κ3) is 2.81. The summed E-state index contributed by atoms with van der Waals surface area (Å²) in [6.07, 6.45) is 3.09. The van der Waals surface area contributed by atoms with Gasteiger partial charge in [-0.15, -0.1) is 0 Å². The zero-order valence-corrected chi connectivity index (χ0v) is 14.9. The first-order valence-corrected chi connectivity index (χ1v) is 8.38. The summed E-state index contributed by atoms with van der Waals surface area (Å²) in [5.41, 5.74) is 3.52. The number of hydrogen-bond donors (Lipinski definition) is 0. The van der Waals surface area contributed by atoms with Crippen molar-refractivity contribution in [2.24, 2.45) is 0 Å². The number of nitrogens with zero attached hydrogens (tertiary/aromatic N) is 3. The first-order valence-electron chi connectivity index (χ1n) is 8.38. The van der Waals surface area contributed by atoms with Crippen LogP contribution in [0.25, 0.3) is 11.6 Å². The largest absolute Gasteiger partial charge is 0.480 e. The Hall–Kier alpha value is -3.67. The van der Waals surface area contributed by atoms with Crippen molar-refractivity contribution in [3.05, 3.63) is 72.1 Å². The maximum absolute atomic E-state index is 13.3. The van der Waals surface area contributed by atoms with Crippen LogP contribution < -0.4 is 14.4 Å². The zero-order valence-electron chi connectivity index (χ0n) is 14.9. The van der Waals surface area contributed by atoms with E-state index in [9.17, 15) is 4.79 Å². The van der Waals surface area contributed by atoms with Gasteiger partial charge in [0.15, 0.2) is 0 Å². The second-order valence-corrected chi connectivity index (χ2v) is 5.86. The fourth-order valence-corrected chi connectivity index (χ4v) is 3.17. The Morgan fingerprint density at radius 1 is 0.889 bits per heavy atom. The molecule has 134 valence electrons. The Bertz CT molecular complexity index is 1010. The summed E-state index contributed by atoms with van der Waals surface area (Å²) < 4.78 is 10.7. The van der Waals surface area contributed by atoms with Crippen molar-refractivity contribution < 1.29 is 14.3 Å². The highest BCUT2D eigenvalue weighted by atomic mass is 16.5. The van der Waals surface area contributed by atoms with Crippen molar-refractivity contribution in [2.75, 3.05) is 19.1 Å². The maximum atomic E-state index is 13.3. The zero-order chi connectivity index (χ0) is 18.8. The second kappa shape index (κ2) is 6.92. The fourth-order valence-electron chi connectivity index (χ4n) is 3.17. The van der Waals surface area contributed by atoms with E-state index in [0.29, 0.717) is 22.9 Å². The summed E-state index contributed by atoms with van der Waals surface area (Å²) in [4.78, 5) is 23.2. The van der Waals surface area contributed by atoms with Gasteiger partial charge in [0.1, 0.15) is 6.33 Å². The predicted octanol–water partition coefficient (Wildman–Crippen LogP) is 3.71. The lowest BCUT2D eigenvalue weighted by molar-refractivity contribution is -0.112. The Kier molecular flexibility index (Phi) is 4.30. The highest BCUT2D eigenvalue weighted by Crippen LogP contribution is 2.43. The number of carbonyl (C=O) groups is 1. The van der Waals surface area contributed by atoms with Crippen molar-refractivity contribution >= 4 is 28.9 Å². The number of methoxy groups -OCH3 is 2. The van der Waals surface area contributed by atoms with Gasteiger partial charge < -0.3 is 9.47 Å². The molecule has 6 nitrogen and oxygen atoms in total. The van der Waals surface area contributed by atoms with Crippen LogP contribution in [-0.4, -0.2) is 30.1 Å². The monoisotopic (exact) mass is 359 g/mol. The Morgan fingerprint density at radius 2 is 1.52 bits per heavy atom. The molecule has 0 saturated heterocycles. The molecule has 4 rings (SSSR count). The average molecular weight is 359 g/mol. The third-order valence-electron chi connectivity index (χ3n) is 4.37. The van der Waals surface area contributed by atoms with E-state index in [2.05, 4.69) is 9.97 Å². The van der Waals surface area contributed by atoms with E-state index in [0.717, 1.165) is 16.9 Å². The number of benzene rings is 2. The van der Waals surface area contributed by atoms with Crippen molar-refractivity contribution in [3.8, 4) is 11.8 Å². The molecular formula is C21H17N3O3. The van der Waals surface area contributed by atoms with E-state index in [4.69, 9.17) is 9.47 Å². The minimum Gasteiger partial charge on any atom is -0.480 e. The summed E-state index contributed by atoms with van der Waals surface area (Å²) in [5.74, 6) is 0.561. The Balaban J connectivity index is 1.91. The van der Waals surface area contributed by atoms with Crippen LogP contribution in [0.2, 0.25) is 0 Å². The molecule has 0 spiro atoms. The number of para-hydroxylation sites is 2. The molecule has 0 radical (unpaired) electrons. The average Bonchev–Trinajstić information content (AvgIpc) is 3.00. The van der Waals surface area contributed by atoms with Gasteiger partial charge in [-0.3, -0.25) is 9.69 Å². The molecule has 0 atom stereocenters. The second-order valence-electron chi connectivity index (χ2n) is 5.86. The topological polar surface area (TPSA) is 64.6 Å². The molecule has 27 heavy (non-hydrogen) atoms. The number of aromatic nitrogens is 2. The molecule has 1 amide bonds. The maximum Gasteiger partial charge on any atom is 0.263 e. The Morgan fingerprint density at radius 3 is 2.19 bits per heavy atom. The van der Waals surface area contributed by atoms with Crippen molar-refractivity contribution in [2.45, 2.75) is 0 Å². The lowest BCUT2D eigenvalue weighted by Crippen LogP contribution is -2.20. The van der Waals surface area contributed by atoms with Gasteiger partial charge in [-0.05, 0) is 24.3 Å². The van der Waals surface area contributed by atoms with Crippen LogP contribution in [0.3, 0.4) is 0 Å². The molecule has 1 aliphatic heterocycles. The van der Waals surface area contributed by atoms with Gasteiger partial charge in [0.05, 0.1) is 31.0 Å². The summed E-state index contributed by atoms with van der Waals surface area (Å²) in [6, 6.07) is 17.2. The number of ether oxygens (including phenoxy) is 2. The molecule has 0 bridgehead atoms. The number of rotatable bonds is 4. The molecule has 0 N–H and O–H groups in total. The van der Waals surface area contributed by atoms with E-state index < -0.39 is 0 Å². The molecule has 3 aromatic rings. The molecule has 1 aromatic heterocycles. The van der Waals surface area contributed by atoms with Crippen molar-refractivity contribution in [1.82, 2.24) is 9.97 Å². The van der Waals surface area contributed by atoms with E-state index in [1.54, 1.807) is 11.0 Å². The fraction of sp³-hybridized carbons (Fsp3) is 0.0952. The summed E-state index contributed by atoms with van der Waals surface area (Å²) in [7, 11) is 3.04. The quantitative estimate of drug-likeness (QED) is 0.665. The number of amides is 1. The predicted molar refractivity (Wildman–Crippen MR) is 103 cm³/mol. The number of anilines is 2. The first-order chi connectivity index (χ1) is 13.2. The highest BCUT2D eigenvalue weighted by Gasteiger charge is 2.33. The van der Waals surface area contributed by atoms with Gasteiger partial charge in [0.2, 0.25) is 11.8 Å². The van der Waals surface area contributed by atoms with E-state index >= 15 is 0 Å². The van der Waals surface area contributed by atoms with Gasteiger partial charge in [0, 0.05) is 11.3 Å². The lowest BCUT2D eigenvalue weighted by atomic mass is 10.0. The molecule has 1 aliphatic rings. The minimum atomic E-state index is -0.129. The van der Waals surface area contributed by atoms with Crippen molar-refractivity contribution in [1.29, 1.82) is 0 Å². The van der Waals surface area contributed by atoms with E-state index in [1.807, 2.05) is 54.6 Å². The number of hydrogen-bond acceptors (Lipinski definition) is 5. The normalized spacial score (nSPS) is 14.4. The lowest BCUT2D eigenvalue weighted by Gasteiger charge is -2.16. The summed E-state index contributed by atoms with van der Waals surface area (Å²) in [5, 5.41) is 0. The number of carbonyl (C=O) groups excluding carboxylic acids is 1. The molecule has 0 saturated carbocycles. The molecule has 0 unspecified atom stereocenters. The minimum absolute atomic E-state index is 0.129. The summed E-state index contributed by atoms with van der Waals surface area (Å²) in [6.45, 7) is 0. The first kappa shape index (κ1) is 16.8. The van der Waals surface area contributed by atoms with Crippen LogP contribution in [0.4, 0.5) is 11.4 Å². The van der Waals surface area contributed by atoms with Crippen molar-refractivity contribution in [3.63, 3.8) is 0 Å². The molecule has 0 aliphatic carbocycles. The van der Waals surface area contributed by atoms with Crippen LogP contribution >= 0.6 is 0 Å². The van der Waals surface area contributed by atoms with Gasteiger partial charge in [-0.1, -0.05) is 36.4 Å². The molecular weight excluding hydrogens is 342 g/mol. The molecule has 2 heterocycles. The summed E-state index contributed by atoms with van der Waals surface area (Å²) >= 11 is 0. The standard InChI is InChI=1S/C21H17N3O3/c1-26-19-17(20(27-2)23-13-22-19)12-16-15-10-6-7-11-18(15)24(21(16)25)14-8-4-3-5-9-14/h3-13H,1-2H3/b16-12-. The van der Waals surface area contributed by atoms with Crippen LogP contribution in [0.5, 0.6) is 11.8 Å². The van der Waals surface area contributed by atoms with Crippen LogP contribution in [0, 0.1) is 0 Å². The van der Waals surface area contributed by atoms with Gasteiger partial charge in [-0.2, -0.15) is 0 Å². The Labute approximate surface area is 156 Å². The highest BCUT2D eigenvalue weighted by molar-refractivity contribution is 6.38. The van der Waals surface area contributed by atoms with Gasteiger partial charge in [-0.25, -0.2) is 9.97 Å². The molecule has 2 aromatic carbocycles. The van der Waals surface area contributed by atoms with Crippen LogP contribution in [-0.2, 0) is 4.79 Å². The van der Waals surface area contributed by atoms with Gasteiger partial charge in [0.25, 0.3) is 5.91 Å². The van der Waals surface area contributed by atoms with Gasteiger partial charge >= 0.3 is 0 Å². The van der Waals surface area contributed by atoms with Crippen LogP contribution in [0.15, 0.2) is 60.9 Å². The molecule has 6 heteroatoms. The number of fused-ring (bicyclic) bond motifs is 1. The van der Waals surface area contributed by atoms with E-state index in [1.165, 1.54) is 20.5 Å². The smallest absolute Gasteiger partial charge is 0.263 e. The van der Waals surface area contributed by atoms with E-state index in [-0.39, 0.29) is 5.91 Å². The molecule has 0 fully saturated rings.